The van der Waals surface area contributed by atoms with E-state index in [1.54, 1.807) is 0 Å². The molecule has 0 aliphatic carbocycles. The van der Waals surface area contributed by atoms with E-state index in [2.05, 4.69) is 21.0 Å². The van der Waals surface area contributed by atoms with Gasteiger partial charge in [0, 0.05) is 18.8 Å². The van der Waals surface area contributed by atoms with Crippen molar-refractivity contribution in [2.24, 2.45) is 0 Å². The summed E-state index contributed by atoms with van der Waals surface area (Å²) in [4.78, 5) is 0. The average Bonchev–Trinajstić information content (AvgIpc) is 2.54. The van der Waals surface area contributed by atoms with Crippen LogP contribution in [0.3, 0.4) is 0 Å². The van der Waals surface area contributed by atoms with Crippen molar-refractivity contribution in [3.05, 3.63) is 15.9 Å². The van der Waals surface area contributed by atoms with Crippen LogP contribution in [0.4, 0.5) is 0 Å². The van der Waals surface area contributed by atoms with Crippen LogP contribution in [0.2, 0.25) is 0 Å². The van der Waals surface area contributed by atoms with Gasteiger partial charge in [-0.1, -0.05) is 0 Å². The van der Waals surface area contributed by atoms with Gasteiger partial charge in [-0.15, -0.1) is 11.6 Å². The predicted octanol–water partition coefficient (Wildman–Crippen LogP) is 2.90. The molecule has 0 bridgehead atoms. The summed E-state index contributed by atoms with van der Waals surface area (Å²) in [6, 6.07) is 0. The van der Waals surface area contributed by atoms with Gasteiger partial charge < -0.3 is 5.11 Å². The number of aliphatic hydroxyl groups is 1. The van der Waals surface area contributed by atoms with Gasteiger partial charge in [0.2, 0.25) is 0 Å². The number of aromatic nitrogens is 2. The number of aryl methyl sites for hydroxylation is 2. The molecule has 1 heterocycles. The summed E-state index contributed by atoms with van der Waals surface area (Å²) in [7, 11) is 0. The summed E-state index contributed by atoms with van der Waals surface area (Å²) >= 11 is 9.12. The molecule has 1 N–H and O–H groups in total. The van der Waals surface area contributed by atoms with Crippen molar-refractivity contribution in [2.75, 3.05) is 5.88 Å². The first kappa shape index (κ1) is 14.0. The normalized spacial score (nSPS) is 13.1. The molecule has 1 rings (SSSR count). The predicted molar refractivity (Wildman–Crippen MR) is 70.0 cm³/mol. The van der Waals surface area contributed by atoms with E-state index in [0.717, 1.165) is 35.2 Å². The van der Waals surface area contributed by atoms with Crippen LogP contribution in [-0.4, -0.2) is 26.9 Å². The van der Waals surface area contributed by atoms with E-state index in [4.69, 9.17) is 11.6 Å². The van der Waals surface area contributed by atoms with Crippen LogP contribution >= 0.6 is 27.5 Å². The molecule has 0 amide bonds. The number of nitrogens with zero attached hydrogens (tertiary/aromatic N) is 2. The summed E-state index contributed by atoms with van der Waals surface area (Å²) in [5, 5.41) is 14.3. The fraction of sp³-hybridized carbons (Fsp3) is 0.727. The molecule has 0 aromatic carbocycles. The van der Waals surface area contributed by atoms with Gasteiger partial charge in [-0.3, -0.25) is 4.68 Å². The molecule has 92 valence electrons. The molecule has 3 nitrogen and oxygen atoms in total. The standard InChI is InChI=1S/C11H18BrClN2O/c1-3-15-10(11(12)8(2)14-15)7-9(16)5-4-6-13/h9,16H,3-7H2,1-2H3. The molecule has 5 heteroatoms. The van der Waals surface area contributed by atoms with Gasteiger partial charge in [0.1, 0.15) is 0 Å². The molecule has 0 aliphatic heterocycles. The topological polar surface area (TPSA) is 38.0 Å². The number of hydrogen-bond acceptors (Lipinski definition) is 2. The molecular weight excluding hydrogens is 291 g/mol. The van der Waals surface area contributed by atoms with Crippen molar-refractivity contribution in [2.45, 2.75) is 45.8 Å². The second kappa shape index (κ2) is 6.62. The Balaban J connectivity index is 2.71. The van der Waals surface area contributed by atoms with E-state index in [1.807, 2.05) is 18.5 Å². The molecule has 0 saturated carbocycles. The zero-order valence-electron chi connectivity index (χ0n) is 9.71. The first-order chi connectivity index (χ1) is 7.60. The van der Waals surface area contributed by atoms with Crippen LogP contribution in [0, 0.1) is 6.92 Å². The van der Waals surface area contributed by atoms with Gasteiger partial charge in [-0.25, -0.2) is 0 Å². The highest BCUT2D eigenvalue weighted by Gasteiger charge is 2.15. The smallest absolute Gasteiger partial charge is 0.0738 e. The third-order valence-corrected chi connectivity index (χ3v) is 3.85. The highest BCUT2D eigenvalue weighted by Crippen LogP contribution is 2.23. The van der Waals surface area contributed by atoms with Crippen LogP contribution in [0.5, 0.6) is 0 Å². The molecule has 0 spiro atoms. The number of halogens is 2. The van der Waals surface area contributed by atoms with Gasteiger partial charge in [0.05, 0.1) is 22.0 Å². The van der Waals surface area contributed by atoms with Crippen molar-refractivity contribution in [3.63, 3.8) is 0 Å². The Hall–Kier alpha value is -0.0600. The summed E-state index contributed by atoms with van der Waals surface area (Å²) < 4.78 is 2.95. The number of rotatable bonds is 6. The van der Waals surface area contributed by atoms with Gasteiger partial charge in [-0.05, 0) is 42.6 Å². The maximum atomic E-state index is 9.87. The molecule has 0 radical (unpaired) electrons. The fourth-order valence-corrected chi connectivity index (χ4v) is 2.30. The molecule has 1 aromatic heterocycles. The minimum atomic E-state index is -0.337. The summed E-state index contributed by atoms with van der Waals surface area (Å²) in [5.41, 5.74) is 2.04. The van der Waals surface area contributed by atoms with Gasteiger partial charge in [0.15, 0.2) is 0 Å². The zero-order valence-corrected chi connectivity index (χ0v) is 12.1. The van der Waals surface area contributed by atoms with E-state index in [-0.39, 0.29) is 6.10 Å². The van der Waals surface area contributed by atoms with E-state index >= 15 is 0 Å². The van der Waals surface area contributed by atoms with Crippen LogP contribution in [0.15, 0.2) is 4.47 Å². The van der Waals surface area contributed by atoms with Crippen LogP contribution in [-0.2, 0) is 13.0 Å². The Labute approximate surface area is 110 Å². The Morgan fingerprint density at radius 2 is 2.25 bits per heavy atom. The second-order valence-corrected chi connectivity index (χ2v) is 5.02. The van der Waals surface area contributed by atoms with E-state index in [0.29, 0.717) is 12.3 Å². The number of hydrogen-bond donors (Lipinski definition) is 1. The number of aliphatic hydroxyl groups excluding tert-OH is 1. The quantitative estimate of drug-likeness (QED) is 0.821. The van der Waals surface area contributed by atoms with Crippen LogP contribution < -0.4 is 0 Å². The molecular formula is C11H18BrClN2O. The van der Waals surface area contributed by atoms with Crippen molar-refractivity contribution >= 4 is 27.5 Å². The third-order valence-electron chi connectivity index (χ3n) is 2.55. The van der Waals surface area contributed by atoms with Crippen molar-refractivity contribution in [3.8, 4) is 0 Å². The van der Waals surface area contributed by atoms with Crippen molar-refractivity contribution in [1.82, 2.24) is 9.78 Å². The van der Waals surface area contributed by atoms with Crippen molar-refractivity contribution in [1.29, 1.82) is 0 Å². The Bertz CT molecular complexity index is 341. The van der Waals surface area contributed by atoms with E-state index in [9.17, 15) is 5.11 Å². The third kappa shape index (κ3) is 3.47. The van der Waals surface area contributed by atoms with Gasteiger partial charge in [0.25, 0.3) is 0 Å². The molecule has 16 heavy (non-hydrogen) atoms. The largest absolute Gasteiger partial charge is 0.393 e. The maximum Gasteiger partial charge on any atom is 0.0738 e. The monoisotopic (exact) mass is 308 g/mol. The first-order valence-electron chi connectivity index (χ1n) is 5.56. The lowest BCUT2D eigenvalue weighted by atomic mass is 10.1. The number of alkyl halides is 1. The molecule has 1 unspecified atom stereocenters. The molecule has 1 aromatic rings. The lowest BCUT2D eigenvalue weighted by Crippen LogP contribution is -2.14. The van der Waals surface area contributed by atoms with Crippen molar-refractivity contribution < 1.29 is 5.11 Å². The Kier molecular flexibility index (Phi) is 5.79. The SMILES string of the molecule is CCn1nc(C)c(Br)c1CC(O)CCCCl. The molecule has 0 aliphatic rings. The first-order valence-corrected chi connectivity index (χ1v) is 6.88. The molecule has 0 saturated heterocycles. The van der Waals surface area contributed by atoms with Gasteiger partial charge >= 0.3 is 0 Å². The maximum absolute atomic E-state index is 9.87. The van der Waals surface area contributed by atoms with Gasteiger partial charge in [-0.2, -0.15) is 5.10 Å². The highest BCUT2D eigenvalue weighted by molar-refractivity contribution is 9.10. The molecule has 1 atom stereocenters. The Morgan fingerprint density at radius 3 is 2.81 bits per heavy atom. The minimum Gasteiger partial charge on any atom is -0.393 e. The Morgan fingerprint density at radius 1 is 1.56 bits per heavy atom. The molecule has 0 fully saturated rings. The van der Waals surface area contributed by atoms with Crippen LogP contribution in [0.1, 0.15) is 31.2 Å². The van der Waals surface area contributed by atoms with E-state index in [1.165, 1.54) is 0 Å². The highest BCUT2D eigenvalue weighted by atomic mass is 79.9. The zero-order chi connectivity index (χ0) is 12.1. The minimum absolute atomic E-state index is 0.337. The summed E-state index contributed by atoms with van der Waals surface area (Å²) in [6.45, 7) is 4.84. The average molecular weight is 310 g/mol. The lowest BCUT2D eigenvalue weighted by Gasteiger charge is -2.11. The second-order valence-electron chi connectivity index (χ2n) is 3.85. The lowest BCUT2D eigenvalue weighted by molar-refractivity contribution is 0.161. The van der Waals surface area contributed by atoms with Crippen LogP contribution in [0.25, 0.3) is 0 Å². The fourth-order valence-electron chi connectivity index (χ4n) is 1.70. The summed E-state index contributed by atoms with van der Waals surface area (Å²) in [6.07, 6.45) is 1.88. The van der Waals surface area contributed by atoms with E-state index < -0.39 is 0 Å². The summed E-state index contributed by atoms with van der Waals surface area (Å²) in [5.74, 6) is 0.601.